The van der Waals surface area contributed by atoms with Crippen molar-refractivity contribution in [3.63, 3.8) is 0 Å². The monoisotopic (exact) mass is 892 g/mol. The summed E-state index contributed by atoms with van der Waals surface area (Å²) in [6.45, 7) is 18.4. The summed E-state index contributed by atoms with van der Waals surface area (Å²) in [5.74, 6) is -3.46. The zero-order chi connectivity index (χ0) is 44.2. The quantitative estimate of drug-likeness (QED) is 0.122. The van der Waals surface area contributed by atoms with Gasteiger partial charge in [0.05, 0.1) is 13.2 Å². The SMILES string of the molecule is CC(=O)[CH+]C(=O)c1ccccc1.CC(=O)[CH+]C(=O)c1ccccc1.CC1(C)OCC(C2OC3OC(C)(C)OC3C2[OH2+])O1.CC1(C)OCC(C2OC3OC(C)(C)OC3C2[OH2+])O1.[Ti+4]. The maximum Gasteiger partial charge on any atom is 4.00 e. The molecule has 61 heavy (non-hydrogen) atoms. The van der Waals surface area contributed by atoms with Crippen LogP contribution in [-0.4, -0.2) is 131 Å². The van der Waals surface area contributed by atoms with Crippen molar-refractivity contribution in [2.75, 3.05) is 13.2 Å². The van der Waals surface area contributed by atoms with Gasteiger partial charge in [-0.3, -0.25) is 9.59 Å². The van der Waals surface area contributed by atoms with E-state index in [0.717, 1.165) is 12.8 Å². The van der Waals surface area contributed by atoms with Gasteiger partial charge < -0.3 is 57.6 Å². The third kappa shape index (κ3) is 14.0. The van der Waals surface area contributed by atoms with Crippen molar-refractivity contribution < 1.29 is 98.5 Å². The molecule has 4 N–H and O–H groups in total. The molecule has 6 heterocycles. The zero-order valence-corrected chi connectivity index (χ0v) is 37.9. The molecule has 2 aromatic rings. The van der Waals surface area contributed by atoms with Crippen molar-refractivity contribution >= 4 is 23.1 Å². The molecular weight excluding hydrogens is 832 g/mol. The molecule has 0 aromatic heterocycles. The second-order valence-corrected chi connectivity index (χ2v) is 16.9. The summed E-state index contributed by atoms with van der Waals surface area (Å²) in [5.41, 5.74) is 1.10. The standard InChI is InChI=1S/2C12H20O6.2C10H9O2.Ti/c2*1-11(2)14-5-6(16-11)8-7(13)9-10(15-8)18-12(3,4)17-9;2*1-8(11)7-10(12)9-5-3-2-4-6-9;/h2*6-10,13H,5H2,1-4H3;2*2-7H,1H3;/q;;2*+1;+4/p+2. The smallest absolute Gasteiger partial charge is 0.439 e. The summed E-state index contributed by atoms with van der Waals surface area (Å²) in [5, 5.41) is 16.4. The van der Waals surface area contributed by atoms with E-state index in [-0.39, 0.29) is 81.5 Å². The molecule has 0 spiro atoms. The van der Waals surface area contributed by atoms with Gasteiger partial charge in [0.1, 0.15) is 12.2 Å². The molecule has 0 aliphatic carbocycles. The molecule has 6 aliphatic rings. The van der Waals surface area contributed by atoms with Crippen molar-refractivity contribution in [1.82, 2.24) is 0 Å². The molecule has 6 aliphatic heterocycles. The van der Waals surface area contributed by atoms with Crippen molar-refractivity contribution in [1.29, 1.82) is 0 Å². The second-order valence-electron chi connectivity index (χ2n) is 16.9. The van der Waals surface area contributed by atoms with Gasteiger partial charge in [0.25, 0.3) is 0 Å². The van der Waals surface area contributed by atoms with Crippen LogP contribution in [0.4, 0.5) is 0 Å². The van der Waals surface area contributed by atoms with Crippen LogP contribution in [0.1, 0.15) is 90.0 Å². The molecular formula is C44H60O16Ti+8. The number of ether oxygens (including phenoxy) is 10. The van der Waals surface area contributed by atoms with E-state index >= 15 is 0 Å². The van der Waals surface area contributed by atoms with Gasteiger partial charge in [-0.1, -0.05) is 12.1 Å². The van der Waals surface area contributed by atoms with Crippen LogP contribution in [0.15, 0.2) is 60.7 Å². The molecule has 328 valence electrons. The van der Waals surface area contributed by atoms with Gasteiger partial charge in [-0.25, -0.2) is 9.59 Å². The minimum Gasteiger partial charge on any atom is -0.439 e. The van der Waals surface area contributed by atoms with Crippen LogP contribution in [0.5, 0.6) is 0 Å². The number of hydrogen-bond acceptors (Lipinski definition) is 14. The summed E-state index contributed by atoms with van der Waals surface area (Å²) in [4.78, 5) is 43.5. The minimum absolute atomic E-state index is 0. The molecule has 0 saturated carbocycles. The Kier molecular flexibility index (Phi) is 17.2. The van der Waals surface area contributed by atoms with Crippen LogP contribution in [0.3, 0.4) is 0 Å². The van der Waals surface area contributed by atoms with Crippen LogP contribution < -0.4 is 0 Å². The summed E-state index contributed by atoms with van der Waals surface area (Å²) in [6, 6.07) is 17.4. The Hall–Kier alpha value is -2.91. The van der Waals surface area contributed by atoms with Gasteiger partial charge in [0, 0.05) is 38.1 Å². The molecule has 6 fully saturated rings. The molecule has 16 nitrogen and oxygen atoms in total. The van der Waals surface area contributed by atoms with Gasteiger partial charge in [-0.15, -0.1) is 0 Å². The first kappa shape index (κ1) is 50.7. The number of hydrogen-bond donors (Lipinski definition) is 0. The maximum atomic E-state index is 11.2. The minimum atomic E-state index is -0.675. The van der Waals surface area contributed by atoms with E-state index in [1.54, 1.807) is 48.5 Å². The van der Waals surface area contributed by atoms with Crippen LogP contribution in [0.25, 0.3) is 0 Å². The van der Waals surface area contributed by atoms with Gasteiger partial charge in [0.2, 0.25) is 23.8 Å². The summed E-state index contributed by atoms with van der Waals surface area (Å²) >= 11 is 0. The molecule has 6 saturated heterocycles. The van der Waals surface area contributed by atoms with E-state index in [2.05, 4.69) is 0 Å². The molecule has 10 unspecified atom stereocenters. The first-order valence-electron chi connectivity index (χ1n) is 19.9. The third-order valence-electron chi connectivity index (χ3n) is 9.75. The van der Waals surface area contributed by atoms with E-state index in [1.807, 2.05) is 67.5 Å². The van der Waals surface area contributed by atoms with Gasteiger partial charge in [-0.05, 0) is 79.7 Å². The third-order valence-corrected chi connectivity index (χ3v) is 9.75. The number of benzene rings is 2. The second kappa shape index (κ2) is 20.7. The van der Waals surface area contributed by atoms with Crippen LogP contribution in [0.2, 0.25) is 0 Å². The molecule has 0 amide bonds. The summed E-state index contributed by atoms with van der Waals surface area (Å²) < 4.78 is 56.7. The van der Waals surface area contributed by atoms with Crippen LogP contribution in [-0.2, 0) is 78.7 Å². The van der Waals surface area contributed by atoms with E-state index in [4.69, 9.17) is 57.6 Å². The van der Waals surface area contributed by atoms with Crippen molar-refractivity contribution in [3.05, 3.63) is 84.6 Å². The Balaban J connectivity index is 0.000000182. The first-order valence-corrected chi connectivity index (χ1v) is 19.9. The molecule has 10 atom stereocenters. The fourth-order valence-electron chi connectivity index (χ4n) is 7.20. The number of carbonyl (C=O) groups excluding carboxylic acids is 4. The van der Waals surface area contributed by atoms with E-state index < -0.39 is 47.9 Å². The van der Waals surface area contributed by atoms with Crippen molar-refractivity contribution in [2.45, 2.75) is 154 Å². The molecule has 17 heteroatoms. The Morgan fingerprint density at radius 2 is 0.836 bits per heavy atom. The fraction of sp³-hybridized carbons (Fsp3) is 0.591. The normalized spacial score (nSPS) is 32.8. The van der Waals surface area contributed by atoms with E-state index in [0.29, 0.717) is 24.3 Å². The maximum absolute atomic E-state index is 11.2. The number of fused-ring (bicyclic) bond motifs is 2. The zero-order valence-electron chi connectivity index (χ0n) is 36.3. The largest absolute Gasteiger partial charge is 4.00 e. The summed E-state index contributed by atoms with van der Waals surface area (Å²) in [7, 11) is 0. The van der Waals surface area contributed by atoms with Gasteiger partial charge in [-0.2, -0.15) is 0 Å². The average molecular weight is 893 g/mol. The first-order chi connectivity index (χ1) is 27.9. The van der Waals surface area contributed by atoms with Crippen LogP contribution >= 0.6 is 0 Å². The van der Waals surface area contributed by atoms with Crippen molar-refractivity contribution in [3.8, 4) is 0 Å². The topological polar surface area (TPSA) is 206 Å². The number of ketones is 4. The Morgan fingerprint density at radius 3 is 1.10 bits per heavy atom. The molecule has 8 rings (SSSR count). The van der Waals surface area contributed by atoms with Crippen molar-refractivity contribution in [2.24, 2.45) is 0 Å². The molecule has 0 bridgehead atoms. The van der Waals surface area contributed by atoms with Crippen LogP contribution in [0, 0.1) is 12.8 Å². The van der Waals surface area contributed by atoms with Gasteiger partial charge >= 0.3 is 33.3 Å². The average Bonchev–Trinajstić information content (AvgIpc) is 3.98. The number of carbonyl (C=O) groups is 4. The van der Waals surface area contributed by atoms with Gasteiger partial charge in [0.15, 0.2) is 84.1 Å². The number of rotatable bonds is 8. The Labute approximate surface area is 372 Å². The fourth-order valence-corrected chi connectivity index (χ4v) is 7.20. The molecule has 0 radical (unpaired) electrons. The Bertz CT molecular complexity index is 1660. The Morgan fingerprint density at radius 1 is 0.508 bits per heavy atom. The van der Waals surface area contributed by atoms with E-state index in [1.165, 1.54) is 13.8 Å². The number of Topliss-reactive ketones (excluding diaryl/α,β-unsaturated/α-hetero) is 4. The predicted molar refractivity (Wildman–Crippen MR) is 214 cm³/mol. The van der Waals surface area contributed by atoms with E-state index in [9.17, 15) is 19.2 Å². The predicted octanol–water partition coefficient (Wildman–Crippen LogP) is 3.54. The summed E-state index contributed by atoms with van der Waals surface area (Å²) in [6.07, 6.45) is -1.68. The molecule has 2 aromatic carbocycles.